The highest BCUT2D eigenvalue weighted by Crippen LogP contribution is 2.30. The van der Waals surface area contributed by atoms with Gasteiger partial charge in [0.1, 0.15) is 5.82 Å². The van der Waals surface area contributed by atoms with E-state index < -0.39 is 0 Å². The Kier molecular flexibility index (Phi) is 4.24. The van der Waals surface area contributed by atoms with E-state index in [-0.39, 0.29) is 5.84 Å². The Bertz CT molecular complexity index is 640. The SMILES string of the molecule is Cc1ccnc(N(C)c2ccc(/C(N)=N/O)cc2)c1Br. The molecule has 5 nitrogen and oxygen atoms in total. The van der Waals surface area contributed by atoms with E-state index in [0.29, 0.717) is 5.56 Å². The van der Waals surface area contributed by atoms with Gasteiger partial charge in [-0.2, -0.15) is 0 Å². The summed E-state index contributed by atoms with van der Waals surface area (Å²) >= 11 is 3.55. The average Bonchev–Trinajstić information content (AvgIpc) is 2.48. The molecular formula is C14H15BrN4O. The number of nitrogens with two attached hydrogens (primary N) is 1. The molecule has 20 heavy (non-hydrogen) atoms. The number of pyridine rings is 1. The first-order valence-corrected chi connectivity index (χ1v) is 6.76. The van der Waals surface area contributed by atoms with Gasteiger partial charge in [0.05, 0.1) is 4.47 Å². The first kappa shape index (κ1) is 14.3. The highest BCUT2D eigenvalue weighted by Gasteiger charge is 2.11. The molecule has 2 aromatic rings. The minimum absolute atomic E-state index is 0.0917. The fourth-order valence-corrected chi connectivity index (χ4v) is 2.30. The van der Waals surface area contributed by atoms with Gasteiger partial charge in [-0.25, -0.2) is 4.98 Å². The molecule has 3 N–H and O–H groups in total. The maximum atomic E-state index is 8.65. The summed E-state index contributed by atoms with van der Waals surface area (Å²) in [6, 6.07) is 9.33. The Morgan fingerprint density at radius 3 is 2.55 bits per heavy atom. The molecule has 0 atom stereocenters. The summed E-state index contributed by atoms with van der Waals surface area (Å²) in [5, 5.41) is 11.6. The van der Waals surface area contributed by atoms with Crippen molar-refractivity contribution in [3.63, 3.8) is 0 Å². The van der Waals surface area contributed by atoms with Crippen molar-refractivity contribution in [1.29, 1.82) is 0 Å². The molecule has 0 aliphatic rings. The lowest BCUT2D eigenvalue weighted by Crippen LogP contribution is -2.15. The number of hydrogen-bond acceptors (Lipinski definition) is 4. The van der Waals surface area contributed by atoms with E-state index in [9.17, 15) is 0 Å². The molecule has 2 rings (SSSR count). The number of amidine groups is 1. The van der Waals surface area contributed by atoms with Gasteiger partial charge in [0, 0.05) is 24.5 Å². The molecule has 0 saturated heterocycles. The lowest BCUT2D eigenvalue weighted by molar-refractivity contribution is 0.318. The third-order valence-electron chi connectivity index (χ3n) is 3.04. The van der Waals surface area contributed by atoms with Crippen molar-refractivity contribution >= 4 is 33.3 Å². The number of rotatable bonds is 3. The van der Waals surface area contributed by atoms with Gasteiger partial charge in [-0.05, 0) is 58.7 Å². The molecule has 0 amide bonds. The van der Waals surface area contributed by atoms with E-state index in [0.717, 1.165) is 21.5 Å². The fraction of sp³-hybridized carbons (Fsp3) is 0.143. The molecule has 0 bridgehead atoms. The Balaban J connectivity index is 2.34. The Morgan fingerprint density at radius 1 is 1.30 bits per heavy atom. The Hall–Kier alpha value is -2.08. The van der Waals surface area contributed by atoms with E-state index in [1.165, 1.54) is 0 Å². The van der Waals surface area contributed by atoms with Gasteiger partial charge in [-0.1, -0.05) is 5.16 Å². The number of halogens is 1. The van der Waals surface area contributed by atoms with Gasteiger partial charge in [0.2, 0.25) is 0 Å². The molecule has 1 aromatic carbocycles. The average molecular weight is 335 g/mol. The van der Waals surface area contributed by atoms with E-state index in [2.05, 4.69) is 26.1 Å². The number of anilines is 2. The summed E-state index contributed by atoms with van der Waals surface area (Å²) in [7, 11) is 1.94. The lowest BCUT2D eigenvalue weighted by atomic mass is 10.2. The summed E-state index contributed by atoms with van der Waals surface area (Å²) in [5.41, 5.74) is 8.29. The summed E-state index contributed by atoms with van der Waals surface area (Å²) in [5.74, 6) is 0.926. The van der Waals surface area contributed by atoms with Crippen LogP contribution in [0.15, 0.2) is 46.2 Å². The highest BCUT2D eigenvalue weighted by molar-refractivity contribution is 9.10. The van der Waals surface area contributed by atoms with Crippen molar-refractivity contribution in [3.8, 4) is 0 Å². The van der Waals surface area contributed by atoms with Crippen LogP contribution < -0.4 is 10.6 Å². The zero-order chi connectivity index (χ0) is 14.7. The Morgan fingerprint density at radius 2 is 1.95 bits per heavy atom. The number of oxime groups is 1. The smallest absolute Gasteiger partial charge is 0.170 e. The van der Waals surface area contributed by atoms with Gasteiger partial charge in [0.25, 0.3) is 0 Å². The predicted octanol–water partition coefficient (Wildman–Crippen LogP) is 3.01. The van der Waals surface area contributed by atoms with Crippen LogP contribution in [0.25, 0.3) is 0 Å². The number of aryl methyl sites for hydroxylation is 1. The van der Waals surface area contributed by atoms with Gasteiger partial charge < -0.3 is 15.8 Å². The maximum Gasteiger partial charge on any atom is 0.170 e. The van der Waals surface area contributed by atoms with Crippen LogP contribution in [0.3, 0.4) is 0 Å². The van der Waals surface area contributed by atoms with Gasteiger partial charge in [-0.3, -0.25) is 0 Å². The summed E-state index contributed by atoms with van der Waals surface area (Å²) in [4.78, 5) is 6.35. The van der Waals surface area contributed by atoms with Crippen LogP contribution in [-0.2, 0) is 0 Å². The second kappa shape index (κ2) is 5.92. The maximum absolute atomic E-state index is 8.65. The number of nitrogens with zero attached hydrogens (tertiary/aromatic N) is 3. The number of aromatic nitrogens is 1. The van der Waals surface area contributed by atoms with Gasteiger partial charge >= 0.3 is 0 Å². The monoisotopic (exact) mass is 334 g/mol. The molecule has 104 valence electrons. The van der Waals surface area contributed by atoms with Crippen molar-refractivity contribution < 1.29 is 5.21 Å². The molecule has 0 radical (unpaired) electrons. The van der Waals surface area contributed by atoms with E-state index >= 15 is 0 Å². The van der Waals surface area contributed by atoms with Crippen LogP contribution in [0.1, 0.15) is 11.1 Å². The topological polar surface area (TPSA) is 74.7 Å². The standard InChI is InChI=1S/C14H15BrN4O/c1-9-7-8-17-14(12(9)15)19(2)11-5-3-10(4-6-11)13(16)18-20/h3-8,20H,1-2H3,(H2,16,18). The van der Waals surface area contributed by atoms with Crippen LogP contribution in [0.2, 0.25) is 0 Å². The van der Waals surface area contributed by atoms with Gasteiger partial charge in [-0.15, -0.1) is 0 Å². The van der Waals surface area contributed by atoms with Crippen molar-refractivity contribution in [3.05, 3.63) is 52.1 Å². The van der Waals surface area contributed by atoms with Crippen molar-refractivity contribution in [1.82, 2.24) is 4.98 Å². The molecule has 1 aromatic heterocycles. The summed E-state index contributed by atoms with van der Waals surface area (Å²) in [6.07, 6.45) is 1.77. The van der Waals surface area contributed by atoms with Crippen LogP contribution in [0.5, 0.6) is 0 Å². The molecule has 0 spiro atoms. The molecule has 0 fully saturated rings. The first-order valence-electron chi connectivity index (χ1n) is 5.97. The summed E-state index contributed by atoms with van der Waals surface area (Å²) < 4.78 is 0.961. The van der Waals surface area contributed by atoms with Crippen molar-refractivity contribution in [2.75, 3.05) is 11.9 Å². The molecule has 0 unspecified atom stereocenters. The van der Waals surface area contributed by atoms with Crippen molar-refractivity contribution in [2.24, 2.45) is 10.9 Å². The molecule has 6 heteroatoms. The zero-order valence-corrected chi connectivity index (χ0v) is 12.8. The molecular weight excluding hydrogens is 320 g/mol. The Labute approximate surface area is 125 Å². The lowest BCUT2D eigenvalue weighted by Gasteiger charge is -2.20. The van der Waals surface area contributed by atoms with Crippen LogP contribution in [0.4, 0.5) is 11.5 Å². The minimum Gasteiger partial charge on any atom is -0.409 e. The van der Waals surface area contributed by atoms with E-state index in [4.69, 9.17) is 10.9 Å². The molecule has 0 saturated carbocycles. The molecule has 0 aliphatic carbocycles. The van der Waals surface area contributed by atoms with Crippen LogP contribution >= 0.6 is 15.9 Å². The summed E-state index contributed by atoms with van der Waals surface area (Å²) in [6.45, 7) is 2.02. The second-order valence-electron chi connectivity index (χ2n) is 4.36. The van der Waals surface area contributed by atoms with E-state index in [1.54, 1.807) is 18.3 Å². The third-order valence-corrected chi connectivity index (χ3v) is 4.02. The molecule has 0 aliphatic heterocycles. The zero-order valence-electron chi connectivity index (χ0n) is 11.2. The predicted molar refractivity (Wildman–Crippen MR) is 83.7 cm³/mol. The quantitative estimate of drug-likeness (QED) is 0.391. The number of hydrogen-bond donors (Lipinski definition) is 2. The minimum atomic E-state index is 0.0917. The molecule has 1 heterocycles. The largest absolute Gasteiger partial charge is 0.409 e. The number of benzene rings is 1. The van der Waals surface area contributed by atoms with E-state index in [1.807, 2.05) is 37.1 Å². The fourth-order valence-electron chi connectivity index (χ4n) is 1.80. The second-order valence-corrected chi connectivity index (χ2v) is 5.15. The van der Waals surface area contributed by atoms with Crippen molar-refractivity contribution in [2.45, 2.75) is 6.92 Å². The first-order chi connectivity index (χ1) is 9.54. The highest BCUT2D eigenvalue weighted by atomic mass is 79.9. The van der Waals surface area contributed by atoms with Crippen LogP contribution in [0, 0.1) is 6.92 Å². The normalized spacial score (nSPS) is 11.4. The third kappa shape index (κ3) is 2.75. The van der Waals surface area contributed by atoms with Crippen LogP contribution in [-0.4, -0.2) is 23.1 Å². The van der Waals surface area contributed by atoms with Gasteiger partial charge in [0.15, 0.2) is 5.84 Å².